The highest BCUT2D eigenvalue weighted by molar-refractivity contribution is 5.80. The summed E-state index contributed by atoms with van der Waals surface area (Å²) in [6, 6.07) is 0. The summed E-state index contributed by atoms with van der Waals surface area (Å²) in [7, 11) is 0. The Hall–Kier alpha value is -0.980. The molecule has 0 saturated carbocycles. The molecule has 0 aromatic heterocycles. The van der Waals surface area contributed by atoms with E-state index in [4.69, 9.17) is 14.2 Å². The topological polar surface area (TPSA) is 73.9 Å². The first-order chi connectivity index (χ1) is 14.0. The van der Waals surface area contributed by atoms with Gasteiger partial charge in [-0.1, -0.05) is 58.8 Å². The molecule has 6 heteroatoms. The molecule has 29 heavy (non-hydrogen) atoms. The number of amides is 1. The molecular formula is C23H45NO5. The lowest BCUT2D eigenvalue weighted by atomic mass is 10.1. The van der Waals surface area contributed by atoms with Crippen molar-refractivity contribution in [2.24, 2.45) is 5.92 Å². The van der Waals surface area contributed by atoms with Crippen LogP contribution in [0.4, 0.5) is 0 Å². The van der Waals surface area contributed by atoms with Gasteiger partial charge in [0.1, 0.15) is 5.78 Å². The number of ether oxygens (including phenoxy) is 3. The van der Waals surface area contributed by atoms with Gasteiger partial charge in [-0.3, -0.25) is 9.59 Å². The van der Waals surface area contributed by atoms with E-state index in [1.165, 1.54) is 44.9 Å². The van der Waals surface area contributed by atoms with Gasteiger partial charge >= 0.3 is 0 Å². The summed E-state index contributed by atoms with van der Waals surface area (Å²) in [6.07, 6.45) is 11.6. The van der Waals surface area contributed by atoms with Gasteiger partial charge in [-0.05, 0) is 12.8 Å². The number of rotatable bonds is 22. The molecule has 0 heterocycles. The third-order valence-electron chi connectivity index (χ3n) is 4.72. The Morgan fingerprint density at radius 2 is 1.10 bits per heavy atom. The quantitative estimate of drug-likeness (QED) is 0.267. The highest BCUT2D eigenvalue weighted by Crippen LogP contribution is 2.09. The summed E-state index contributed by atoms with van der Waals surface area (Å²) >= 11 is 0. The molecule has 0 aromatic rings. The van der Waals surface area contributed by atoms with Crippen molar-refractivity contribution in [1.82, 2.24) is 5.32 Å². The van der Waals surface area contributed by atoms with Gasteiger partial charge in [0.05, 0.1) is 33.0 Å². The van der Waals surface area contributed by atoms with Crippen molar-refractivity contribution in [3.05, 3.63) is 0 Å². The van der Waals surface area contributed by atoms with Crippen LogP contribution in [0.5, 0.6) is 0 Å². The third-order valence-corrected chi connectivity index (χ3v) is 4.72. The van der Waals surface area contributed by atoms with Crippen LogP contribution >= 0.6 is 0 Å². The molecular weight excluding hydrogens is 370 g/mol. The number of Topliss-reactive ketones (excluding diaryl/α,β-unsaturated/α-hetero) is 1. The third kappa shape index (κ3) is 23.2. The Bertz CT molecular complexity index is 387. The van der Waals surface area contributed by atoms with Gasteiger partial charge < -0.3 is 19.5 Å². The van der Waals surface area contributed by atoms with Gasteiger partial charge in [0.25, 0.3) is 0 Å². The number of unbranched alkanes of at least 4 members (excludes halogenated alkanes) is 8. The largest absolute Gasteiger partial charge is 0.379 e. The lowest BCUT2D eigenvalue weighted by Crippen LogP contribution is -2.20. The first kappa shape index (κ1) is 28.0. The van der Waals surface area contributed by atoms with Crippen molar-refractivity contribution in [3.63, 3.8) is 0 Å². The van der Waals surface area contributed by atoms with E-state index >= 15 is 0 Å². The predicted molar refractivity (Wildman–Crippen MR) is 117 cm³/mol. The molecule has 0 unspecified atom stereocenters. The summed E-state index contributed by atoms with van der Waals surface area (Å²) < 4.78 is 16.4. The lowest BCUT2D eigenvalue weighted by molar-refractivity contribution is -0.123. The second kappa shape index (κ2) is 21.7. The average Bonchev–Trinajstić information content (AvgIpc) is 2.68. The predicted octanol–water partition coefficient (Wildman–Crippen LogP) is 4.30. The molecule has 1 N–H and O–H groups in total. The van der Waals surface area contributed by atoms with Gasteiger partial charge in [-0.15, -0.1) is 0 Å². The molecule has 0 atom stereocenters. The Morgan fingerprint density at radius 1 is 0.655 bits per heavy atom. The Kier molecular flexibility index (Phi) is 21.0. The summed E-state index contributed by atoms with van der Waals surface area (Å²) in [5, 5.41) is 2.83. The van der Waals surface area contributed by atoms with Crippen LogP contribution in [0, 0.1) is 5.92 Å². The van der Waals surface area contributed by atoms with E-state index in [-0.39, 0.29) is 17.6 Å². The first-order valence-corrected chi connectivity index (χ1v) is 11.5. The van der Waals surface area contributed by atoms with Crippen molar-refractivity contribution in [2.75, 3.05) is 46.2 Å². The molecule has 6 nitrogen and oxygen atoms in total. The Balaban J connectivity index is 3.07. The van der Waals surface area contributed by atoms with Crippen molar-refractivity contribution >= 4 is 11.7 Å². The molecule has 0 aliphatic carbocycles. The van der Waals surface area contributed by atoms with Crippen LogP contribution in [0.1, 0.15) is 85.0 Å². The zero-order valence-electron chi connectivity index (χ0n) is 19.1. The minimum Gasteiger partial charge on any atom is -0.379 e. The lowest BCUT2D eigenvalue weighted by Gasteiger charge is -2.07. The van der Waals surface area contributed by atoms with Gasteiger partial charge in [0.15, 0.2) is 0 Å². The highest BCUT2D eigenvalue weighted by Gasteiger charge is 2.06. The molecule has 0 rings (SSSR count). The zero-order chi connectivity index (χ0) is 21.6. The van der Waals surface area contributed by atoms with Crippen molar-refractivity contribution in [1.29, 1.82) is 0 Å². The van der Waals surface area contributed by atoms with E-state index in [9.17, 15) is 9.59 Å². The van der Waals surface area contributed by atoms with Gasteiger partial charge in [-0.2, -0.15) is 0 Å². The fraction of sp³-hybridized carbons (Fsp3) is 0.913. The first-order valence-electron chi connectivity index (χ1n) is 11.5. The molecule has 0 bridgehead atoms. The molecule has 0 aliphatic rings. The van der Waals surface area contributed by atoms with E-state index < -0.39 is 0 Å². The van der Waals surface area contributed by atoms with Crippen LogP contribution in [0.15, 0.2) is 0 Å². The summed E-state index contributed by atoms with van der Waals surface area (Å²) in [5.41, 5.74) is 0. The van der Waals surface area contributed by atoms with Crippen LogP contribution in [-0.4, -0.2) is 57.9 Å². The smallest absolute Gasteiger partial charge is 0.216 e. The van der Waals surface area contributed by atoms with E-state index in [2.05, 4.69) is 5.32 Å². The molecule has 0 radical (unpaired) electrons. The Labute approximate surface area is 178 Å². The van der Waals surface area contributed by atoms with Crippen LogP contribution in [0.3, 0.4) is 0 Å². The second-order valence-electron chi connectivity index (χ2n) is 7.87. The van der Waals surface area contributed by atoms with Crippen LogP contribution in [-0.2, 0) is 23.8 Å². The van der Waals surface area contributed by atoms with Gasteiger partial charge in [-0.25, -0.2) is 0 Å². The number of carbonyl (C=O) groups is 2. The highest BCUT2D eigenvalue weighted by atomic mass is 16.5. The van der Waals surface area contributed by atoms with E-state index in [1.54, 1.807) is 6.92 Å². The number of nitrogens with one attached hydrogen (secondary N) is 1. The van der Waals surface area contributed by atoms with Crippen molar-refractivity contribution in [2.45, 2.75) is 85.0 Å². The number of hydrogen-bond acceptors (Lipinski definition) is 5. The summed E-state index contributed by atoms with van der Waals surface area (Å²) in [6.45, 7) is 9.79. The summed E-state index contributed by atoms with van der Waals surface area (Å²) in [4.78, 5) is 22.1. The van der Waals surface area contributed by atoms with E-state index in [1.807, 2.05) is 13.8 Å². The number of ketones is 1. The van der Waals surface area contributed by atoms with Crippen molar-refractivity contribution < 1.29 is 23.8 Å². The normalized spacial score (nSPS) is 11.2. The maximum Gasteiger partial charge on any atom is 0.216 e. The van der Waals surface area contributed by atoms with Crippen molar-refractivity contribution in [3.8, 4) is 0 Å². The zero-order valence-corrected chi connectivity index (χ0v) is 19.1. The monoisotopic (exact) mass is 415 g/mol. The fourth-order valence-electron chi connectivity index (χ4n) is 2.83. The standard InChI is InChI=1S/C23H45NO5/c1-21(2)23(26)13-16-28-18-20-29-19-17-27-15-12-10-8-6-4-5-7-9-11-14-24-22(3)25/h21H,4-20H2,1-3H3,(H,24,25). The minimum absolute atomic E-state index is 0.0682. The molecule has 0 aliphatic heterocycles. The summed E-state index contributed by atoms with van der Waals surface area (Å²) in [5.74, 6) is 0.401. The molecule has 1 amide bonds. The SMILES string of the molecule is CC(=O)NCCCCCCCCCCCOCCOCCOCCC(=O)C(C)C. The minimum atomic E-state index is 0.0682. The number of carbonyl (C=O) groups excluding carboxylic acids is 2. The number of hydrogen-bond donors (Lipinski definition) is 1. The second-order valence-corrected chi connectivity index (χ2v) is 7.87. The molecule has 0 aromatic carbocycles. The molecule has 0 fully saturated rings. The molecule has 172 valence electrons. The van der Waals surface area contributed by atoms with E-state index in [0.717, 1.165) is 26.0 Å². The van der Waals surface area contributed by atoms with Crippen LogP contribution in [0.2, 0.25) is 0 Å². The maximum absolute atomic E-state index is 11.4. The fourth-order valence-corrected chi connectivity index (χ4v) is 2.83. The van der Waals surface area contributed by atoms with E-state index in [0.29, 0.717) is 39.5 Å². The van der Waals surface area contributed by atoms with Gasteiger partial charge in [0.2, 0.25) is 5.91 Å². The maximum atomic E-state index is 11.4. The molecule has 0 saturated heterocycles. The van der Waals surface area contributed by atoms with Gasteiger partial charge in [0, 0.05) is 32.4 Å². The van der Waals surface area contributed by atoms with Crippen LogP contribution < -0.4 is 5.32 Å². The van der Waals surface area contributed by atoms with Crippen LogP contribution in [0.25, 0.3) is 0 Å². The molecule has 0 spiro atoms. The average molecular weight is 416 g/mol. The Morgan fingerprint density at radius 3 is 1.62 bits per heavy atom.